The van der Waals surface area contributed by atoms with E-state index in [4.69, 9.17) is 23.2 Å². The van der Waals surface area contributed by atoms with Crippen LogP contribution >= 0.6 is 23.2 Å². The van der Waals surface area contributed by atoms with Crippen molar-refractivity contribution in [2.45, 2.75) is 70.5 Å². The Kier molecular flexibility index (Phi) is 8.17. The van der Waals surface area contributed by atoms with Gasteiger partial charge in [0.1, 0.15) is 6.04 Å². The minimum Gasteiger partial charge on any atom is -0.352 e. The van der Waals surface area contributed by atoms with Crippen LogP contribution in [0.5, 0.6) is 0 Å². The molecule has 0 radical (unpaired) electrons. The van der Waals surface area contributed by atoms with Gasteiger partial charge in [0, 0.05) is 35.6 Å². The fraction of sp³-hybridized carbons (Fsp3) is 0.538. The van der Waals surface area contributed by atoms with Crippen molar-refractivity contribution >= 4 is 46.8 Å². The van der Waals surface area contributed by atoms with Crippen LogP contribution in [0.1, 0.15) is 57.4 Å². The summed E-state index contributed by atoms with van der Waals surface area (Å²) in [7, 11) is 0. The highest BCUT2D eigenvalue weighted by Gasteiger charge is 2.47. The second-order valence-electron chi connectivity index (χ2n) is 9.66. The van der Waals surface area contributed by atoms with Crippen LogP contribution in [0.2, 0.25) is 10.0 Å². The predicted octanol–water partition coefficient (Wildman–Crippen LogP) is 4.11. The van der Waals surface area contributed by atoms with Crippen LogP contribution in [0.25, 0.3) is 0 Å². The molecule has 1 heterocycles. The number of amides is 4. The van der Waals surface area contributed by atoms with Gasteiger partial charge in [0.25, 0.3) is 0 Å². The highest BCUT2D eigenvalue weighted by atomic mass is 35.5. The Morgan fingerprint density at radius 3 is 2.31 bits per heavy atom. The fourth-order valence-electron chi connectivity index (χ4n) is 5.25. The molecule has 0 aromatic heterocycles. The maximum absolute atomic E-state index is 13.4. The summed E-state index contributed by atoms with van der Waals surface area (Å²) < 4.78 is 0. The molecule has 4 amide bonds. The number of fused-ring (bicyclic) bond motifs is 1. The van der Waals surface area contributed by atoms with Gasteiger partial charge in [-0.25, -0.2) is 0 Å². The van der Waals surface area contributed by atoms with E-state index in [1.807, 2.05) is 12.2 Å². The van der Waals surface area contributed by atoms with Gasteiger partial charge in [-0.1, -0.05) is 54.3 Å². The molecular formula is C26H31Cl2N3O4. The first-order valence-corrected chi connectivity index (χ1v) is 13.1. The molecule has 7 nitrogen and oxygen atoms in total. The number of halogens is 2. The number of carbonyl (C=O) groups is 4. The lowest BCUT2D eigenvalue weighted by Crippen LogP contribution is -2.50. The normalized spacial score (nSPS) is 22.9. The van der Waals surface area contributed by atoms with Crippen molar-refractivity contribution in [2.75, 3.05) is 6.54 Å². The van der Waals surface area contributed by atoms with Gasteiger partial charge in [-0.15, -0.1) is 0 Å². The van der Waals surface area contributed by atoms with Gasteiger partial charge in [-0.3, -0.25) is 24.1 Å². The van der Waals surface area contributed by atoms with Gasteiger partial charge in [0.05, 0.1) is 11.8 Å². The first-order chi connectivity index (χ1) is 16.8. The number of hydrogen-bond donors (Lipinski definition) is 1. The fourth-order valence-corrected chi connectivity index (χ4v) is 5.72. The van der Waals surface area contributed by atoms with Crippen LogP contribution < -0.4 is 5.32 Å². The van der Waals surface area contributed by atoms with Crippen molar-refractivity contribution in [3.63, 3.8) is 0 Å². The SMILES string of the molecule is C[C@H](C(=O)NC1CCCC1)N(Cc1ccc(Cl)cc1Cl)C(=O)CCN1C(=O)[C@H]2CC=CC[C@H]2C1=O. The van der Waals surface area contributed by atoms with Crippen LogP contribution in [-0.2, 0) is 25.7 Å². The minimum atomic E-state index is -0.744. The molecule has 1 aliphatic heterocycles. The molecule has 35 heavy (non-hydrogen) atoms. The minimum absolute atomic E-state index is 0.00527. The smallest absolute Gasteiger partial charge is 0.242 e. The molecule has 0 unspecified atom stereocenters. The summed E-state index contributed by atoms with van der Waals surface area (Å²) in [6.07, 6.45) is 8.95. The molecule has 1 saturated carbocycles. The van der Waals surface area contributed by atoms with Crippen LogP contribution in [-0.4, -0.2) is 52.1 Å². The van der Waals surface area contributed by atoms with Crippen LogP contribution in [0.15, 0.2) is 30.4 Å². The average molecular weight is 520 g/mol. The summed E-state index contributed by atoms with van der Waals surface area (Å²) in [6, 6.07) is 4.40. The van der Waals surface area contributed by atoms with E-state index in [-0.39, 0.29) is 61.0 Å². The first kappa shape index (κ1) is 25.7. The van der Waals surface area contributed by atoms with E-state index >= 15 is 0 Å². The molecule has 1 aromatic carbocycles. The number of rotatable bonds is 8. The number of carbonyl (C=O) groups excluding carboxylic acids is 4. The molecule has 188 valence electrons. The van der Waals surface area contributed by atoms with E-state index in [0.29, 0.717) is 28.5 Å². The standard InChI is InChI=1S/C26H31Cl2N3O4/c1-16(24(33)29-19-6-2-3-7-19)31(15-17-10-11-18(27)14-22(17)28)23(32)12-13-30-25(34)20-8-4-5-9-21(20)26(30)35/h4-5,10-11,14,16,19-21H,2-3,6-9,12-13,15H2,1H3,(H,29,33)/t16-,20-,21+/m1/s1. The van der Waals surface area contributed by atoms with Gasteiger partial charge in [-0.05, 0) is 50.3 Å². The molecule has 1 aromatic rings. The van der Waals surface area contributed by atoms with E-state index in [9.17, 15) is 19.2 Å². The highest BCUT2D eigenvalue weighted by molar-refractivity contribution is 6.35. The molecule has 3 aliphatic rings. The Hall–Kier alpha value is -2.38. The monoisotopic (exact) mass is 519 g/mol. The maximum Gasteiger partial charge on any atom is 0.242 e. The third kappa shape index (κ3) is 5.72. The van der Waals surface area contributed by atoms with Gasteiger partial charge in [-0.2, -0.15) is 0 Å². The molecule has 2 fully saturated rings. The zero-order valence-corrected chi connectivity index (χ0v) is 21.4. The topological polar surface area (TPSA) is 86.8 Å². The molecule has 0 spiro atoms. The summed E-state index contributed by atoms with van der Waals surface area (Å²) in [5.74, 6) is -1.63. The van der Waals surface area contributed by atoms with Crippen molar-refractivity contribution in [2.24, 2.45) is 11.8 Å². The third-order valence-electron chi connectivity index (χ3n) is 7.37. The first-order valence-electron chi connectivity index (χ1n) is 12.3. The Labute approximate surface area is 215 Å². The number of nitrogens with one attached hydrogen (secondary N) is 1. The second kappa shape index (κ2) is 11.1. The van der Waals surface area contributed by atoms with E-state index in [0.717, 1.165) is 25.7 Å². The van der Waals surface area contributed by atoms with Crippen molar-refractivity contribution in [3.05, 3.63) is 46.0 Å². The zero-order chi connectivity index (χ0) is 25.1. The lowest BCUT2D eigenvalue weighted by Gasteiger charge is -2.30. The molecule has 4 rings (SSSR count). The lowest BCUT2D eigenvalue weighted by molar-refractivity contribution is -0.144. The molecule has 1 N–H and O–H groups in total. The number of hydrogen-bond acceptors (Lipinski definition) is 4. The van der Waals surface area contributed by atoms with Crippen molar-refractivity contribution in [3.8, 4) is 0 Å². The molecular weight excluding hydrogens is 489 g/mol. The van der Waals surface area contributed by atoms with E-state index < -0.39 is 6.04 Å². The van der Waals surface area contributed by atoms with Gasteiger partial charge in [0.2, 0.25) is 23.6 Å². The number of imide groups is 1. The molecule has 3 atom stereocenters. The Morgan fingerprint density at radius 2 is 1.71 bits per heavy atom. The Morgan fingerprint density at radius 1 is 1.09 bits per heavy atom. The summed E-state index contributed by atoms with van der Waals surface area (Å²) in [5, 5.41) is 3.94. The maximum atomic E-state index is 13.4. The Bertz CT molecular complexity index is 1010. The molecule has 1 saturated heterocycles. The van der Waals surface area contributed by atoms with Crippen molar-refractivity contribution in [1.29, 1.82) is 0 Å². The second-order valence-corrected chi connectivity index (χ2v) is 10.5. The number of nitrogens with zero attached hydrogens (tertiary/aromatic N) is 2. The highest BCUT2D eigenvalue weighted by Crippen LogP contribution is 2.35. The van der Waals surface area contributed by atoms with E-state index in [2.05, 4.69) is 5.32 Å². The predicted molar refractivity (Wildman–Crippen MR) is 134 cm³/mol. The third-order valence-corrected chi connectivity index (χ3v) is 7.96. The zero-order valence-electron chi connectivity index (χ0n) is 19.8. The van der Waals surface area contributed by atoms with E-state index in [1.54, 1.807) is 25.1 Å². The Balaban J connectivity index is 1.47. The number of likely N-dealkylation sites (tertiary alicyclic amines) is 1. The van der Waals surface area contributed by atoms with Crippen LogP contribution in [0.3, 0.4) is 0 Å². The van der Waals surface area contributed by atoms with Gasteiger partial charge in [0.15, 0.2) is 0 Å². The largest absolute Gasteiger partial charge is 0.352 e. The summed E-state index contributed by atoms with van der Waals surface area (Å²) in [5.41, 5.74) is 0.662. The summed E-state index contributed by atoms with van der Waals surface area (Å²) >= 11 is 12.4. The molecule has 2 aliphatic carbocycles. The molecule has 9 heteroatoms. The van der Waals surface area contributed by atoms with Gasteiger partial charge < -0.3 is 10.2 Å². The van der Waals surface area contributed by atoms with Gasteiger partial charge >= 0.3 is 0 Å². The van der Waals surface area contributed by atoms with Crippen LogP contribution in [0.4, 0.5) is 0 Å². The van der Waals surface area contributed by atoms with Crippen LogP contribution in [0, 0.1) is 11.8 Å². The molecule has 0 bridgehead atoms. The van der Waals surface area contributed by atoms with Crippen molar-refractivity contribution < 1.29 is 19.2 Å². The average Bonchev–Trinajstić information content (AvgIpc) is 3.43. The number of benzene rings is 1. The lowest BCUT2D eigenvalue weighted by atomic mass is 9.85. The number of allylic oxidation sites excluding steroid dienone is 2. The van der Waals surface area contributed by atoms with E-state index in [1.165, 1.54) is 9.80 Å². The quantitative estimate of drug-likeness (QED) is 0.413. The summed E-state index contributed by atoms with van der Waals surface area (Å²) in [4.78, 5) is 54.7. The summed E-state index contributed by atoms with van der Waals surface area (Å²) in [6.45, 7) is 1.81. The van der Waals surface area contributed by atoms with Crippen molar-refractivity contribution in [1.82, 2.24) is 15.1 Å².